The predicted molar refractivity (Wildman–Crippen MR) is 94.6 cm³/mol. The average molecular weight is 320 g/mol. The molecule has 2 rings (SSSR count). The predicted octanol–water partition coefficient (Wildman–Crippen LogP) is 4.73. The maximum Gasteiger partial charge on any atom is 0.226 e. The van der Waals surface area contributed by atoms with E-state index in [1.807, 2.05) is 17.0 Å². The fourth-order valence-corrected chi connectivity index (χ4v) is 3.29. The van der Waals surface area contributed by atoms with Crippen molar-refractivity contribution in [3.05, 3.63) is 29.8 Å². The van der Waals surface area contributed by atoms with Gasteiger partial charge in [0.05, 0.1) is 6.61 Å². The molecule has 0 radical (unpaired) electrons. The lowest BCUT2D eigenvalue weighted by molar-refractivity contribution is -0.119. The van der Waals surface area contributed by atoms with Gasteiger partial charge in [-0.2, -0.15) is 0 Å². The second kappa shape index (κ2) is 6.55. The molecule has 1 aliphatic heterocycles. The fourth-order valence-electron chi connectivity index (χ4n) is 2.33. The van der Waals surface area contributed by atoms with E-state index >= 15 is 0 Å². The van der Waals surface area contributed by atoms with Gasteiger partial charge in [0.15, 0.2) is 8.32 Å². The molecule has 0 unspecified atom stereocenters. The number of carbonyl (C=O) groups is 1. The highest BCUT2D eigenvalue weighted by molar-refractivity contribution is 6.74. The number of anilines is 1. The smallest absolute Gasteiger partial charge is 0.226 e. The Balaban J connectivity index is 1.99. The van der Waals surface area contributed by atoms with Crippen LogP contribution in [0.1, 0.15) is 45.6 Å². The van der Waals surface area contributed by atoms with Crippen LogP contribution in [0, 0.1) is 0 Å². The van der Waals surface area contributed by atoms with Crippen LogP contribution in [-0.2, 0) is 15.8 Å². The third kappa shape index (κ3) is 3.99. The number of hydrogen-bond acceptors (Lipinski definition) is 2. The Hall–Kier alpha value is -1.13. The number of hydrogen-bond donors (Lipinski definition) is 0. The molecule has 0 N–H and O–H groups in total. The minimum absolute atomic E-state index is 0.229. The molecule has 22 heavy (non-hydrogen) atoms. The van der Waals surface area contributed by atoms with Gasteiger partial charge in [-0.05, 0) is 48.7 Å². The molecule has 0 aliphatic carbocycles. The first kappa shape index (κ1) is 17.2. The average Bonchev–Trinajstić information content (AvgIpc) is 2.45. The summed E-state index contributed by atoms with van der Waals surface area (Å²) >= 11 is 0. The molecular weight excluding hydrogens is 290 g/mol. The van der Waals surface area contributed by atoms with E-state index in [1.165, 1.54) is 5.56 Å². The normalized spacial score (nSPS) is 17.0. The van der Waals surface area contributed by atoms with Gasteiger partial charge in [-0.15, -0.1) is 0 Å². The highest BCUT2D eigenvalue weighted by atomic mass is 28.4. The molecule has 1 fully saturated rings. The van der Waals surface area contributed by atoms with Crippen LogP contribution in [0.25, 0.3) is 0 Å². The summed E-state index contributed by atoms with van der Waals surface area (Å²) in [4.78, 5) is 13.9. The number of rotatable bonds is 4. The fraction of sp³-hybridized carbons (Fsp3) is 0.611. The standard InChI is InChI=1S/C18H29NO2Si/c1-18(2,3)22(4,5)21-14-15-9-11-16(12-10-15)19-13-7-6-8-17(19)20/h9-12H,6-8,13-14H2,1-5H3. The second-order valence-corrected chi connectivity index (χ2v) is 12.5. The van der Waals surface area contributed by atoms with Crippen LogP contribution in [0.4, 0.5) is 5.69 Å². The minimum atomic E-state index is -1.71. The molecule has 0 bridgehead atoms. The molecule has 1 aliphatic rings. The number of nitrogens with zero attached hydrogens (tertiary/aromatic N) is 1. The van der Waals surface area contributed by atoms with E-state index in [1.54, 1.807) is 0 Å². The van der Waals surface area contributed by atoms with E-state index in [2.05, 4.69) is 46.0 Å². The molecule has 4 heteroatoms. The zero-order chi connectivity index (χ0) is 16.4. The summed E-state index contributed by atoms with van der Waals surface area (Å²) < 4.78 is 6.24. The van der Waals surface area contributed by atoms with Crippen molar-refractivity contribution >= 4 is 19.9 Å². The summed E-state index contributed by atoms with van der Waals surface area (Å²) in [5, 5.41) is 0.229. The number of piperidine rings is 1. The Morgan fingerprint density at radius 1 is 1.14 bits per heavy atom. The van der Waals surface area contributed by atoms with Gasteiger partial charge in [-0.25, -0.2) is 0 Å². The van der Waals surface area contributed by atoms with Gasteiger partial charge >= 0.3 is 0 Å². The first-order valence-electron chi connectivity index (χ1n) is 8.24. The number of amides is 1. The van der Waals surface area contributed by atoms with Crippen LogP contribution in [0.3, 0.4) is 0 Å². The van der Waals surface area contributed by atoms with Crippen molar-refractivity contribution in [1.29, 1.82) is 0 Å². The maximum atomic E-state index is 12.0. The third-order valence-corrected chi connectivity index (χ3v) is 9.46. The summed E-state index contributed by atoms with van der Waals surface area (Å²) in [7, 11) is -1.71. The lowest BCUT2D eigenvalue weighted by atomic mass is 10.1. The Kier molecular flexibility index (Phi) is 5.13. The third-order valence-electron chi connectivity index (χ3n) is 4.98. The van der Waals surface area contributed by atoms with Crippen molar-refractivity contribution in [2.45, 2.75) is 64.8 Å². The Labute approximate surface area is 135 Å². The molecule has 0 spiro atoms. The molecule has 1 heterocycles. The van der Waals surface area contributed by atoms with Crippen LogP contribution < -0.4 is 4.90 Å². The van der Waals surface area contributed by atoms with Crippen LogP contribution in [-0.4, -0.2) is 20.8 Å². The second-order valence-electron chi connectivity index (χ2n) is 7.72. The molecule has 0 atom stereocenters. The van der Waals surface area contributed by atoms with E-state index < -0.39 is 8.32 Å². The van der Waals surface area contributed by atoms with Gasteiger partial charge < -0.3 is 9.33 Å². The summed E-state index contributed by atoms with van der Waals surface area (Å²) in [5.74, 6) is 0.247. The summed E-state index contributed by atoms with van der Waals surface area (Å²) in [6.07, 6.45) is 2.80. The zero-order valence-corrected chi connectivity index (χ0v) is 15.6. The molecule has 122 valence electrons. The molecule has 3 nitrogen and oxygen atoms in total. The van der Waals surface area contributed by atoms with E-state index in [9.17, 15) is 4.79 Å². The van der Waals surface area contributed by atoms with Gasteiger partial charge in [-0.3, -0.25) is 4.79 Å². The van der Waals surface area contributed by atoms with E-state index in [0.29, 0.717) is 13.0 Å². The lowest BCUT2D eigenvalue weighted by Crippen LogP contribution is -2.40. The van der Waals surface area contributed by atoms with E-state index in [0.717, 1.165) is 25.1 Å². The van der Waals surface area contributed by atoms with Crippen molar-refractivity contribution in [3.8, 4) is 0 Å². The minimum Gasteiger partial charge on any atom is -0.413 e. The summed E-state index contributed by atoms with van der Waals surface area (Å²) in [6.45, 7) is 12.8. The van der Waals surface area contributed by atoms with Crippen molar-refractivity contribution in [3.63, 3.8) is 0 Å². The number of benzene rings is 1. The molecule has 0 aromatic heterocycles. The summed E-state index contributed by atoms with van der Waals surface area (Å²) in [6, 6.07) is 8.27. The van der Waals surface area contributed by atoms with Crippen molar-refractivity contribution in [2.75, 3.05) is 11.4 Å². The topological polar surface area (TPSA) is 29.5 Å². The van der Waals surface area contributed by atoms with Crippen LogP contribution in [0.2, 0.25) is 18.1 Å². The lowest BCUT2D eigenvalue weighted by Gasteiger charge is -2.36. The molecule has 1 saturated heterocycles. The molecule has 1 aromatic rings. The van der Waals surface area contributed by atoms with Crippen molar-refractivity contribution in [2.24, 2.45) is 0 Å². The maximum absolute atomic E-state index is 12.0. The monoisotopic (exact) mass is 319 g/mol. The van der Waals surface area contributed by atoms with Crippen LogP contribution >= 0.6 is 0 Å². The Bertz CT molecular complexity index is 517. The van der Waals surface area contributed by atoms with Gasteiger partial charge in [0.1, 0.15) is 0 Å². The molecule has 1 aromatic carbocycles. The molecule has 1 amide bonds. The van der Waals surface area contributed by atoms with Gasteiger partial charge in [-0.1, -0.05) is 32.9 Å². The Morgan fingerprint density at radius 3 is 2.32 bits per heavy atom. The van der Waals surface area contributed by atoms with Crippen molar-refractivity contribution in [1.82, 2.24) is 0 Å². The van der Waals surface area contributed by atoms with Gasteiger partial charge in [0.25, 0.3) is 0 Å². The van der Waals surface area contributed by atoms with Gasteiger partial charge in [0, 0.05) is 18.7 Å². The number of carbonyl (C=O) groups excluding carboxylic acids is 1. The highest BCUT2D eigenvalue weighted by Gasteiger charge is 2.37. The Morgan fingerprint density at radius 2 is 1.77 bits per heavy atom. The summed E-state index contributed by atoms with van der Waals surface area (Å²) in [5.41, 5.74) is 2.19. The largest absolute Gasteiger partial charge is 0.413 e. The zero-order valence-electron chi connectivity index (χ0n) is 14.6. The van der Waals surface area contributed by atoms with Crippen LogP contribution in [0.15, 0.2) is 24.3 Å². The van der Waals surface area contributed by atoms with Gasteiger partial charge in [0.2, 0.25) is 5.91 Å². The SMILES string of the molecule is CC(C)(C)[Si](C)(C)OCc1ccc(N2CCCCC2=O)cc1. The van der Waals surface area contributed by atoms with E-state index in [-0.39, 0.29) is 10.9 Å². The van der Waals surface area contributed by atoms with Crippen LogP contribution in [0.5, 0.6) is 0 Å². The van der Waals surface area contributed by atoms with Crippen molar-refractivity contribution < 1.29 is 9.22 Å². The first-order valence-corrected chi connectivity index (χ1v) is 11.1. The molecule has 0 saturated carbocycles. The highest BCUT2D eigenvalue weighted by Crippen LogP contribution is 2.37. The molecular formula is C18H29NO2Si. The first-order chi connectivity index (χ1) is 10.2. The van der Waals surface area contributed by atoms with E-state index in [4.69, 9.17) is 4.43 Å². The quantitative estimate of drug-likeness (QED) is 0.751.